The van der Waals surface area contributed by atoms with Crippen LogP contribution in [-0.2, 0) is 4.79 Å². The van der Waals surface area contributed by atoms with Crippen molar-refractivity contribution < 1.29 is 9.59 Å². The van der Waals surface area contributed by atoms with Crippen LogP contribution >= 0.6 is 0 Å². The first kappa shape index (κ1) is 18.3. The number of amides is 2. The summed E-state index contributed by atoms with van der Waals surface area (Å²) in [5.41, 5.74) is 3.60. The van der Waals surface area contributed by atoms with Gasteiger partial charge >= 0.3 is 0 Å². The molecule has 3 rings (SSSR count). The summed E-state index contributed by atoms with van der Waals surface area (Å²) < 4.78 is 0. The smallest absolute Gasteiger partial charge is 0.257 e. The Bertz CT molecular complexity index is 923. The zero-order valence-corrected chi connectivity index (χ0v) is 15.2. The Kier molecular flexibility index (Phi) is 5.56. The van der Waals surface area contributed by atoms with Gasteiger partial charge < -0.3 is 10.2 Å². The van der Waals surface area contributed by atoms with Gasteiger partial charge in [-0.05, 0) is 36.4 Å². The lowest BCUT2D eigenvalue weighted by atomic mass is 10.1. The van der Waals surface area contributed by atoms with E-state index in [1.165, 1.54) is 0 Å². The fraction of sp³-hybridized carbons (Fsp3) is 0.143. The van der Waals surface area contributed by atoms with Crippen molar-refractivity contribution in [2.45, 2.75) is 13.3 Å². The molecule has 0 atom stereocenters. The van der Waals surface area contributed by atoms with Crippen LogP contribution in [0, 0.1) is 0 Å². The Labute approximate surface area is 157 Å². The molecule has 2 amide bonds. The van der Waals surface area contributed by atoms with Gasteiger partial charge in [0.15, 0.2) is 0 Å². The number of pyridine rings is 2. The van der Waals surface area contributed by atoms with Crippen LogP contribution in [0.2, 0.25) is 0 Å². The van der Waals surface area contributed by atoms with Crippen LogP contribution in [0.15, 0.2) is 67.1 Å². The molecule has 0 bridgehead atoms. The maximum absolute atomic E-state index is 12.3. The summed E-state index contributed by atoms with van der Waals surface area (Å²) in [6.45, 7) is 1.84. The normalized spacial score (nSPS) is 10.3. The third-order valence-electron chi connectivity index (χ3n) is 4.17. The molecular weight excluding hydrogens is 340 g/mol. The fourth-order valence-corrected chi connectivity index (χ4v) is 2.58. The fourth-order valence-electron chi connectivity index (χ4n) is 2.58. The second kappa shape index (κ2) is 8.23. The number of carbonyl (C=O) groups excluding carboxylic acids is 2. The molecule has 2 aromatic heterocycles. The highest BCUT2D eigenvalue weighted by Crippen LogP contribution is 2.22. The lowest BCUT2D eigenvalue weighted by Crippen LogP contribution is -2.24. The number of rotatable bonds is 5. The molecule has 0 fully saturated rings. The summed E-state index contributed by atoms with van der Waals surface area (Å²) in [6, 6.07) is 14.6. The van der Waals surface area contributed by atoms with Crippen molar-refractivity contribution in [3.05, 3.63) is 72.7 Å². The quantitative estimate of drug-likeness (QED) is 0.751. The predicted octanol–water partition coefficient (Wildman–Crippen LogP) is 3.77. The van der Waals surface area contributed by atoms with E-state index >= 15 is 0 Å². The molecule has 1 aromatic carbocycles. The molecule has 6 heteroatoms. The van der Waals surface area contributed by atoms with Crippen LogP contribution in [0.5, 0.6) is 0 Å². The zero-order valence-electron chi connectivity index (χ0n) is 15.2. The van der Waals surface area contributed by atoms with Crippen LogP contribution in [0.25, 0.3) is 11.3 Å². The largest absolute Gasteiger partial charge is 0.321 e. The molecule has 0 spiro atoms. The molecule has 0 aliphatic carbocycles. The molecule has 2 heterocycles. The number of benzene rings is 1. The second-order valence-electron chi connectivity index (χ2n) is 5.98. The first-order valence-corrected chi connectivity index (χ1v) is 8.63. The maximum Gasteiger partial charge on any atom is 0.257 e. The summed E-state index contributed by atoms with van der Waals surface area (Å²) in [6.07, 6.45) is 5.23. The molecule has 6 nitrogen and oxygen atoms in total. The Morgan fingerprint density at radius 2 is 1.81 bits per heavy atom. The van der Waals surface area contributed by atoms with Crippen LogP contribution in [-0.4, -0.2) is 28.8 Å². The van der Waals surface area contributed by atoms with Crippen LogP contribution in [0.4, 0.5) is 11.4 Å². The SMILES string of the molecule is CCC(=O)N(C)c1ccc(-c2ccc(C(=O)Nc3cccnc3)cn2)cc1. The molecule has 3 aromatic rings. The molecule has 27 heavy (non-hydrogen) atoms. The topological polar surface area (TPSA) is 75.2 Å². The van der Waals surface area contributed by atoms with Gasteiger partial charge in [-0.1, -0.05) is 19.1 Å². The number of nitrogens with zero attached hydrogens (tertiary/aromatic N) is 3. The number of hydrogen-bond donors (Lipinski definition) is 1. The van der Waals surface area contributed by atoms with Gasteiger partial charge in [0.05, 0.1) is 23.1 Å². The van der Waals surface area contributed by atoms with Gasteiger partial charge in [-0.2, -0.15) is 0 Å². The van der Waals surface area contributed by atoms with E-state index in [1.54, 1.807) is 54.8 Å². The number of anilines is 2. The highest BCUT2D eigenvalue weighted by Gasteiger charge is 2.10. The third kappa shape index (κ3) is 4.36. The summed E-state index contributed by atoms with van der Waals surface area (Å²) in [4.78, 5) is 34.0. The minimum Gasteiger partial charge on any atom is -0.321 e. The highest BCUT2D eigenvalue weighted by molar-refractivity contribution is 6.04. The van der Waals surface area contributed by atoms with Crippen molar-refractivity contribution in [1.82, 2.24) is 9.97 Å². The molecule has 136 valence electrons. The van der Waals surface area contributed by atoms with Crippen molar-refractivity contribution in [1.29, 1.82) is 0 Å². The molecule has 0 saturated heterocycles. The zero-order chi connectivity index (χ0) is 19.2. The van der Waals surface area contributed by atoms with Crippen molar-refractivity contribution in [2.75, 3.05) is 17.3 Å². The summed E-state index contributed by atoms with van der Waals surface area (Å²) >= 11 is 0. The van der Waals surface area contributed by atoms with Gasteiger partial charge in [0, 0.05) is 37.1 Å². The van der Waals surface area contributed by atoms with E-state index in [-0.39, 0.29) is 11.8 Å². The Morgan fingerprint density at radius 1 is 1.04 bits per heavy atom. The van der Waals surface area contributed by atoms with E-state index in [9.17, 15) is 9.59 Å². The number of hydrogen-bond acceptors (Lipinski definition) is 4. The van der Waals surface area contributed by atoms with E-state index in [1.807, 2.05) is 31.2 Å². The second-order valence-corrected chi connectivity index (χ2v) is 5.98. The molecule has 0 saturated carbocycles. The number of aromatic nitrogens is 2. The molecular formula is C21H20N4O2. The maximum atomic E-state index is 12.3. The monoisotopic (exact) mass is 360 g/mol. The number of nitrogens with one attached hydrogen (secondary N) is 1. The van der Waals surface area contributed by atoms with Crippen molar-refractivity contribution in [3.63, 3.8) is 0 Å². The Morgan fingerprint density at radius 3 is 2.41 bits per heavy atom. The van der Waals surface area contributed by atoms with Gasteiger partial charge in [-0.3, -0.25) is 19.6 Å². The molecule has 0 aliphatic heterocycles. The Hall–Kier alpha value is -3.54. The van der Waals surface area contributed by atoms with Crippen LogP contribution in [0.3, 0.4) is 0 Å². The van der Waals surface area contributed by atoms with E-state index in [2.05, 4.69) is 15.3 Å². The van der Waals surface area contributed by atoms with Gasteiger partial charge in [0.1, 0.15) is 0 Å². The van der Waals surface area contributed by atoms with Gasteiger partial charge in [0.25, 0.3) is 5.91 Å². The Balaban J connectivity index is 1.71. The first-order chi connectivity index (χ1) is 13.1. The van der Waals surface area contributed by atoms with Crippen LogP contribution in [0.1, 0.15) is 23.7 Å². The summed E-state index contributed by atoms with van der Waals surface area (Å²) in [5.74, 6) is -0.179. The molecule has 0 unspecified atom stereocenters. The van der Waals surface area contributed by atoms with E-state index < -0.39 is 0 Å². The minimum atomic E-state index is -0.239. The van der Waals surface area contributed by atoms with Crippen molar-refractivity contribution in [2.24, 2.45) is 0 Å². The van der Waals surface area contributed by atoms with Crippen molar-refractivity contribution >= 4 is 23.2 Å². The van der Waals surface area contributed by atoms with E-state index in [0.29, 0.717) is 17.7 Å². The lowest BCUT2D eigenvalue weighted by molar-refractivity contribution is -0.118. The third-order valence-corrected chi connectivity index (χ3v) is 4.17. The highest BCUT2D eigenvalue weighted by atomic mass is 16.2. The average Bonchev–Trinajstić information content (AvgIpc) is 2.73. The molecule has 0 radical (unpaired) electrons. The van der Waals surface area contributed by atoms with Crippen LogP contribution < -0.4 is 10.2 Å². The lowest BCUT2D eigenvalue weighted by Gasteiger charge is -2.16. The average molecular weight is 360 g/mol. The molecule has 1 N–H and O–H groups in total. The standard InChI is InChI=1S/C21H20N4O2/c1-3-20(26)25(2)18-9-6-15(7-10-18)19-11-8-16(13-23-19)21(27)24-17-5-4-12-22-14-17/h4-14H,3H2,1-2H3,(H,24,27). The van der Waals surface area contributed by atoms with Gasteiger partial charge in [-0.15, -0.1) is 0 Å². The summed E-state index contributed by atoms with van der Waals surface area (Å²) in [5, 5.41) is 2.77. The van der Waals surface area contributed by atoms with Gasteiger partial charge in [-0.25, -0.2) is 0 Å². The summed E-state index contributed by atoms with van der Waals surface area (Å²) in [7, 11) is 1.76. The van der Waals surface area contributed by atoms with E-state index in [0.717, 1.165) is 16.9 Å². The minimum absolute atomic E-state index is 0.0601. The predicted molar refractivity (Wildman–Crippen MR) is 106 cm³/mol. The van der Waals surface area contributed by atoms with E-state index in [4.69, 9.17) is 0 Å². The van der Waals surface area contributed by atoms with Gasteiger partial charge in [0.2, 0.25) is 5.91 Å². The molecule has 0 aliphatic rings. The van der Waals surface area contributed by atoms with Crippen molar-refractivity contribution in [3.8, 4) is 11.3 Å². The first-order valence-electron chi connectivity index (χ1n) is 8.63. The number of carbonyl (C=O) groups is 2.